The third-order valence-corrected chi connectivity index (χ3v) is 3.62. The highest BCUT2D eigenvalue weighted by Crippen LogP contribution is 2.24. The van der Waals surface area contributed by atoms with Gasteiger partial charge in [-0.2, -0.15) is 0 Å². The zero-order valence-corrected chi connectivity index (χ0v) is 11.5. The van der Waals surface area contributed by atoms with E-state index in [1.807, 2.05) is 13.8 Å². The van der Waals surface area contributed by atoms with E-state index in [0.717, 1.165) is 25.9 Å². The van der Waals surface area contributed by atoms with Crippen LogP contribution in [0.3, 0.4) is 0 Å². The Balaban J connectivity index is 1.97. The van der Waals surface area contributed by atoms with E-state index in [1.54, 1.807) is 6.92 Å². The molecule has 2 fully saturated rings. The molecule has 1 unspecified atom stereocenters. The summed E-state index contributed by atoms with van der Waals surface area (Å²) < 4.78 is 5.65. The molecule has 1 aliphatic carbocycles. The Morgan fingerprint density at radius 1 is 1.56 bits per heavy atom. The molecule has 0 bridgehead atoms. The predicted molar refractivity (Wildman–Crippen MR) is 68.7 cm³/mol. The molecule has 18 heavy (non-hydrogen) atoms. The minimum Gasteiger partial charge on any atom is -0.480 e. The van der Waals surface area contributed by atoms with E-state index in [-0.39, 0.29) is 5.60 Å². The summed E-state index contributed by atoms with van der Waals surface area (Å²) in [6, 6.07) is 0.389. The molecule has 1 atom stereocenters. The van der Waals surface area contributed by atoms with Gasteiger partial charge in [0.15, 0.2) is 0 Å². The highest BCUT2D eigenvalue weighted by atomic mass is 16.5. The Morgan fingerprint density at radius 2 is 2.22 bits per heavy atom. The minimum atomic E-state index is -0.853. The van der Waals surface area contributed by atoms with Crippen LogP contribution >= 0.6 is 0 Å². The summed E-state index contributed by atoms with van der Waals surface area (Å²) in [4.78, 5) is 13.7. The molecule has 1 aliphatic heterocycles. The van der Waals surface area contributed by atoms with Gasteiger partial charge in [0.05, 0.1) is 12.2 Å². The molecule has 104 valence electrons. The maximum atomic E-state index is 11.5. The van der Waals surface area contributed by atoms with Crippen LogP contribution in [0.2, 0.25) is 0 Å². The van der Waals surface area contributed by atoms with Gasteiger partial charge in [-0.15, -0.1) is 0 Å². The summed E-state index contributed by atoms with van der Waals surface area (Å²) in [6.45, 7) is 8.67. The van der Waals surface area contributed by atoms with Crippen molar-refractivity contribution in [3.63, 3.8) is 0 Å². The minimum absolute atomic E-state index is 0.183. The van der Waals surface area contributed by atoms with Gasteiger partial charge >= 0.3 is 5.97 Å². The second-order valence-electron chi connectivity index (χ2n) is 6.37. The van der Waals surface area contributed by atoms with Crippen LogP contribution in [-0.4, -0.2) is 59.4 Å². The Morgan fingerprint density at radius 3 is 2.72 bits per heavy atom. The maximum Gasteiger partial charge on any atom is 0.324 e. The molecule has 0 radical (unpaired) electrons. The van der Waals surface area contributed by atoms with Crippen LogP contribution in [0.25, 0.3) is 0 Å². The molecule has 0 aromatic rings. The molecular weight excluding hydrogens is 232 g/mol. The van der Waals surface area contributed by atoms with Crippen LogP contribution in [0.4, 0.5) is 0 Å². The van der Waals surface area contributed by atoms with Crippen LogP contribution < -0.4 is 5.32 Å². The summed E-state index contributed by atoms with van der Waals surface area (Å²) in [7, 11) is 0. The first-order valence-corrected chi connectivity index (χ1v) is 6.68. The van der Waals surface area contributed by atoms with E-state index in [2.05, 4.69) is 10.2 Å². The van der Waals surface area contributed by atoms with E-state index in [9.17, 15) is 9.90 Å². The SMILES string of the molecule is CC1(C)CN(CC(C)(NC2CC2)C(=O)O)CCO1. The summed E-state index contributed by atoms with van der Waals surface area (Å²) in [6.07, 6.45) is 2.19. The number of nitrogens with zero attached hydrogens (tertiary/aromatic N) is 1. The first-order chi connectivity index (χ1) is 8.31. The fourth-order valence-electron chi connectivity index (χ4n) is 2.55. The zero-order chi connectivity index (χ0) is 13.4. The summed E-state index contributed by atoms with van der Waals surface area (Å²) in [5, 5.41) is 12.7. The largest absolute Gasteiger partial charge is 0.480 e. The van der Waals surface area contributed by atoms with Gasteiger partial charge in [-0.25, -0.2) is 0 Å². The average Bonchev–Trinajstić information content (AvgIpc) is 2.99. The number of ether oxygens (including phenoxy) is 1. The number of carboxylic acid groups (broad SMARTS) is 1. The van der Waals surface area contributed by atoms with Gasteiger partial charge in [-0.05, 0) is 33.6 Å². The van der Waals surface area contributed by atoms with Crippen LogP contribution in [-0.2, 0) is 9.53 Å². The third-order valence-electron chi connectivity index (χ3n) is 3.62. The Labute approximate surface area is 108 Å². The highest BCUT2D eigenvalue weighted by molar-refractivity contribution is 5.78. The van der Waals surface area contributed by atoms with Crippen molar-refractivity contribution < 1.29 is 14.6 Å². The van der Waals surface area contributed by atoms with E-state index >= 15 is 0 Å². The number of nitrogens with one attached hydrogen (secondary N) is 1. The molecule has 1 heterocycles. The van der Waals surface area contributed by atoms with Gasteiger partial charge in [0.1, 0.15) is 5.54 Å². The van der Waals surface area contributed by atoms with Crippen molar-refractivity contribution in [2.24, 2.45) is 0 Å². The van der Waals surface area contributed by atoms with E-state index < -0.39 is 11.5 Å². The fraction of sp³-hybridized carbons (Fsp3) is 0.923. The van der Waals surface area contributed by atoms with E-state index in [4.69, 9.17) is 4.74 Å². The molecule has 0 aromatic carbocycles. The molecule has 1 saturated heterocycles. The standard InChI is InChI=1S/C13H24N2O3/c1-12(2)8-15(6-7-18-12)9-13(3,11(16)17)14-10-4-5-10/h10,14H,4-9H2,1-3H3,(H,16,17). The predicted octanol–water partition coefficient (Wildman–Crippen LogP) is 0.693. The van der Waals surface area contributed by atoms with Crippen molar-refractivity contribution in [2.75, 3.05) is 26.2 Å². The topological polar surface area (TPSA) is 61.8 Å². The average molecular weight is 256 g/mol. The van der Waals surface area contributed by atoms with Crippen LogP contribution in [0.1, 0.15) is 33.6 Å². The van der Waals surface area contributed by atoms with Crippen molar-refractivity contribution in [3.05, 3.63) is 0 Å². The molecule has 2 N–H and O–H groups in total. The van der Waals surface area contributed by atoms with Crippen molar-refractivity contribution >= 4 is 5.97 Å². The summed E-state index contributed by atoms with van der Waals surface area (Å²) >= 11 is 0. The molecule has 0 amide bonds. The van der Waals surface area contributed by atoms with E-state index in [0.29, 0.717) is 19.2 Å². The molecule has 0 aromatic heterocycles. The number of hydrogen-bond donors (Lipinski definition) is 2. The van der Waals surface area contributed by atoms with Gasteiger partial charge in [-0.3, -0.25) is 15.0 Å². The van der Waals surface area contributed by atoms with Gasteiger partial charge < -0.3 is 9.84 Å². The number of rotatable bonds is 5. The van der Waals surface area contributed by atoms with Crippen molar-refractivity contribution in [2.45, 2.75) is 50.8 Å². The molecule has 5 heteroatoms. The number of morpholine rings is 1. The lowest BCUT2D eigenvalue weighted by atomic mass is 9.99. The smallest absolute Gasteiger partial charge is 0.324 e. The lowest BCUT2D eigenvalue weighted by molar-refractivity contribution is -0.147. The summed E-state index contributed by atoms with van der Waals surface area (Å²) in [5.41, 5.74) is -1.04. The Hall–Kier alpha value is -0.650. The first kappa shape index (κ1) is 13.8. The Kier molecular flexibility index (Phi) is 3.67. The normalized spacial score (nSPS) is 27.7. The van der Waals surface area contributed by atoms with Gasteiger partial charge in [0.2, 0.25) is 0 Å². The van der Waals surface area contributed by atoms with Gasteiger partial charge in [0, 0.05) is 25.7 Å². The van der Waals surface area contributed by atoms with Gasteiger partial charge in [0.25, 0.3) is 0 Å². The van der Waals surface area contributed by atoms with Crippen LogP contribution in [0.5, 0.6) is 0 Å². The molecule has 2 aliphatic rings. The number of aliphatic carboxylic acids is 1. The number of carbonyl (C=O) groups is 1. The van der Waals surface area contributed by atoms with Crippen molar-refractivity contribution in [1.82, 2.24) is 10.2 Å². The van der Waals surface area contributed by atoms with E-state index in [1.165, 1.54) is 0 Å². The third kappa shape index (κ3) is 3.43. The Bertz CT molecular complexity index is 328. The van der Waals surface area contributed by atoms with Crippen LogP contribution in [0.15, 0.2) is 0 Å². The second-order valence-corrected chi connectivity index (χ2v) is 6.37. The molecule has 5 nitrogen and oxygen atoms in total. The van der Waals surface area contributed by atoms with Crippen molar-refractivity contribution in [3.8, 4) is 0 Å². The zero-order valence-electron chi connectivity index (χ0n) is 11.5. The first-order valence-electron chi connectivity index (χ1n) is 6.68. The molecular formula is C13H24N2O3. The number of carboxylic acids is 1. The highest BCUT2D eigenvalue weighted by Gasteiger charge is 2.41. The van der Waals surface area contributed by atoms with Crippen molar-refractivity contribution in [1.29, 1.82) is 0 Å². The molecule has 1 saturated carbocycles. The monoisotopic (exact) mass is 256 g/mol. The van der Waals surface area contributed by atoms with Crippen LogP contribution in [0, 0.1) is 0 Å². The number of hydrogen-bond acceptors (Lipinski definition) is 4. The molecule has 0 spiro atoms. The second kappa shape index (κ2) is 4.79. The summed E-state index contributed by atoms with van der Waals surface area (Å²) in [5.74, 6) is -0.765. The van der Waals surface area contributed by atoms with Gasteiger partial charge in [-0.1, -0.05) is 0 Å². The molecule has 2 rings (SSSR count). The lowest BCUT2D eigenvalue weighted by Gasteiger charge is -2.41. The maximum absolute atomic E-state index is 11.5. The fourth-order valence-corrected chi connectivity index (χ4v) is 2.55. The lowest BCUT2D eigenvalue weighted by Crippen LogP contribution is -2.61. The quantitative estimate of drug-likeness (QED) is 0.758.